The minimum atomic E-state index is -0.220. The molecule has 1 aliphatic heterocycles. The second-order valence-corrected chi connectivity index (χ2v) is 8.59. The fourth-order valence-electron chi connectivity index (χ4n) is 3.64. The van der Waals surface area contributed by atoms with Crippen molar-refractivity contribution >= 4 is 57.2 Å². The molecule has 31 heavy (non-hydrogen) atoms. The Bertz CT molecular complexity index is 1280. The lowest BCUT2D eigenvalue weighted by Gasteiger charge is -2.30. The molecular weight excluding hydrogens is 430 g/mol. The van der Waals surface area contributed by atoms with Gasteiger partial charge in [0, 0.05) is 41.9 Å². The zero-order valence-corrected chi connectivity index (χ0v) is 18.2. The number of pyridine rings is 2. The van der Waals surface area contributed by atoms with Gasteiger partial charge in [0.25, 0.3) is 0 Å². The number of alkyl halides is 1. The van der Waals surface area contributed by atoms with Gasteiger partial charge in [-0.3, -0.25) is 4.31 Å². The summed E-state index contributed by atoms with van der Waals surface area (Å²) in [6, 6.07) is 20.3. The van der Waals surface area contributed by atoms with Crippen molar-refractivity contribution in [3.63, 3.8) is 0 Å². The van der Waals surface area contributed by atoms with Crippen LogP contribution in [0.3, 0.4) is 0 Å². The lowest BCUT2D eigenvalue weighted by atomic mass is 10.1. The van der Waals surface area contributed by atoms with Crippen LogP contribution < -0.4 is 14.9 Å². The van der Waals surface area contributed by atoms with E-state index in [0.717, 1.165) is 43.8 Å². The van der Waals surface area contributed by atoms with E-state index in [9.17, 15) is 4.79 Å². The normalized spacial score (nSPS) is 12.5. The average molecular weight is 450 g/mol. The highest BCUT2D eigenvalue weighted by Crippen LogP contribution is 2.46. The number of nitrogens with one attached hydrogen (secondary N) is 2. The molecular formula is C23H20ClN5OS. The Kier molecular flexibility index (Phi) is 5.53. The number of rotatable bonds is 5. The molecule has 0 spiro atoms. The summed E-state index contributed by atoms with van der Waals surface area (Å²) in [5.74, 6) is 1.25. The first-order chi connectivity index (χ1) is 15.2. The molecule has 0 saturated carbocycles. The highest BCUT2D eigenvalue weighted by atomic mass is 35.5. The summed E-state index contributed by atoms with van der Waals surface area (Å²) >= 11 is 7.23. The molecule has 2 aromatic carbocycles. The lowest BCUT2D eigenvalue weighted by Crippen LogP contribution is -2.40. The molecule has 156 valence electrons. The molecule has 0 fully saturated rings. The lowest BCUT2D eigenvalue weighted by molar-refractivity contribution is 0.242. The standard InChI is InChI=1S/C23H20ClN5OS/c24-9-10-25-23(30)26-11-12-29-22-17(13-15-5-1-4-8-19(15)28-22)21-20(31-29)14-16-6-2-3-7-18(16)27-21/h1-8,13-14H,9-12H2,(H2,25,26,30). The molecule has 0 bridgehead atoms. The SMILES string of the molecule is O=C(NCCCl)NCCN1Sc2cc3ccccc3nc2-c2cc3ccccc3nc21. The number of anilines is 1. The summed E-state index contributed by atoms with van der Waals surface area (Å²) in [5, 5.41) is 7.77. The molecule has 1 aliphatic rings. The average Bonchev–Trinajstić information content (AvgIpc) is 2.80. The number of nitrogens with zero attached hydrogens (tertiary/aromatic N) is 3. The molecule has 3 heterocycles. The van der Waals surface area contributed by atoms with Crippen LogP contribution in [-0.2, 0) is 0 Å². The Morgan fingerprint density at radius 1 is 0.935 bits per heavy atom. The van der Waals surface area contributed by atoms with Gasteiger partial charge in [-0.25, -0.2) is 14.8 Å². The molecule has 0 aliphatic carbocycles. The Morgan fingerprint density at radius 2 is 1.61 bits per heavy atom. The van der Waals surface area contributed by atoms with Crippen molar-refractivity contribution in [2.75, 3.05) is 29.8 Å². The van der Waals surface area contributed by atoms with Gasteiger partial charge in [-0.2, -0.15) is 0 Å². The summed E-state index contributed by atoms with van der Waals surface area (Å²) < 4.78 is 2.13. The smallest absolute Gasteiger partial charge is 0.314 e. The van der Waals surface area contributed by atoms with Crippen LogP contribution in [-0.4, -0.2) is 41.5 Å². The molecule has 0 unspecified atom stereocenters. The maximum atomic E-state index is 11.9. The summed E-state index contributed by atoms with van der Waals surface area (Å²) in [6.07, 6.45) is 0. The quantitative estimate of drug-likeness (QED) is 0.338. The van der Waals surface area contributed by atoms with E-state index in [0.29, 0.717) is 25.5 Å². The second-order valence-electron chi connectivity index (χ2n) is 7.15. The van der Waals surface area contributed by atoms with Crippen LogP contribution in [0.15, 0.2) is 65.6 Å². The molecule has 0 radical (unpaired) electrons. The van der Waals surface area contributed by atoms with Crippen LogP contribution >= 0.6 is 23.5 Å². The largest absolute Gasteiger partial charge is 0.337 e. The third kappa shape index (κ3) is 3.98. The zero-order valence-electron chi connectivity index (χ0n) is 16.6. The first-order valence-corrected chi connectivity index (χ1v) is 11.4. The zero-order chi connectivity index (χ0) is 21.2. The number of aromatic nitrogens is 2. The third-order valence-corrected chi connectivity index (χ3v) is 6.35. The molecule has 0 atom stereocenters. The molecule has 8 heteroatoms. The number of hydrogen-bond acceptors (Lipinski definition) is 5. The molecule has 5 rings (SSSR count). The Labute approximate surface area is 189 Å². The Hall–Kier alpha value is -3.03. The van der Waals surface area contributed by atoms with E-state index in [1.807, 2.05) is 36.4 Å². The summed E-state index contributed by atoms with van der Waals surface area (Å²) in [4.78, 5) is 22.9. The summed E-state index contributed by atoms with van der Waals surface area (Å²) in [5.41, 5.74) is 3.85. The van der Waals surface area contributed by atoms with Crippen LogP contribution in [0.2, 0.25) is 0 Å². The number of carbonyl (C=O) groups is 1. The fourth-order valence-corrected chi connectivity index (χ4v) is 4.80. The Balaban J connectivity index is 1.52. The fraction of sp³-hybridized carbons (Fsp3) is 0.174. The van der Waals surface area contributed by atoms with E-state index in [1.54, 1.807) is 11.9 Å². The van der Waals surface area contributed by atoms with Gasteiger partial charge < -0.3 is 10.6 Å². The maximum Gasteiger partial charge on any atom is 0.314 e. The first kappa shape index (κ1) is 19.9. The van der Waals surface area contributed by atoms with Crippen molar-refractivity contribution in [2.24, 2.45) is 0 Å². The van der Waals surface area contributed by atoms with Crippen molar-refractivity contribution in [1.29, 1.82) is 0 Å². The topological polar surface area (TPSA) is 70.2 Å². The van der Waals surface area contributed by atoms with E-state index in [-0.39, 0.29) is 6.03 Å². The van der Waals surface area contributed by atoms with Gasteiger partial charge in [0.15, 0.2) is 0 Å². The van der Waals surface area contributed by atoms with Gasteiger partial charge >= 0.3 is 6.03 Å². The molecule has 2 aromatic heterocycles. The Morgan fingerprint density at radius 3 is 2.39 bits per heavy atom. The predicted molar refractivity (Wildman–Crippen MR) is 128 cm³/mol. The van der Waals surface area contributed by atoms with Crippen LogP contribution in [0.4, 0.5) is 10.6 Å². The van der Waals surface area contributed by atoms with E-state index >= 15 is 0 Å². The molecule has 0 saturated heterocycles. The number of halogens is 1. The monoisotopic (exact) mass is 449 g/mol. The van der Waals surface area contributed by atoms with Crippen molar-refractivity contribution in [3.8, 4) is 11.3 Å². The van der Waals surface area contributed by atoms with Crippen molar-refractivity contribution in [3.05, 3.63) is 60.7 Å². The third-order valence-electron chi connectivity index (χ3n) is 5.07. The van der Waals surface area contributed by atoms with E-state index < -0.39 is 0 Å². The van der Waals surface area contributed by atoms with Crippen LogP contribution in [0.1, 0.15) is 0 Å². The number of carbonyl (C=O) groups excluding carboxylic acids is 1. The van der Waals surface area contributed by atoms with Crippen LogP contribution in [0, 0.1) is 0 Å². The van der Waals surface area contributed by atoms with Crippen molar-refractivity contribution < 1.29 is 4.79 Å². The minimum Gasteiger partial charge on any atom is -0.337 e. The summed E-state index contributed by atoms with van der Waals surface area (Å²) in [6.45, 7) is 1.52. The number of urea groups is 1. The molecule has 2 N–H and O–H groups in total. The summed E-state index contributed by atoms with van der Waals surface area (Å²) in [7, 11) is 0. The van der Waals surface area contributed by atoms with E-state index in [2.05, 4.69) is 39.2 Å². The number of para-hydroxylation sites is 2. The molecule has 4 aromatic rings. The van der Waals surface area contributed by atoms with Gasteiger partial charge in [-0.1, -0.05) is 36.4 Å². The van der Waals surface area contributed by atoms with Gasteiger partial charge in [0.2, 0.25) is 0 Å². The second kappa shape index (κ2) is 8.61. The predicted octanol–water partition coefficient (Wildman–Crippen LogP) is 4.82. The van der Waals surface area contributed by atoms with Gasteiger partial charge in [0.1, 0.15) is 5.82 Å². The molecule has 6 nitrogen and oxygen atoms in total. The highest BCUT2D eigenvalue weighted by Gasteiger charge is 2.27. The highest BCUT2D eigenvalue weighted by molar-refractivity contribution is 8.00. The van der Waals surface area contributed by atoms with Crippen molar-refractivity contribution in [2.45, 2.75) is 4.90 Å². The van der Waals surface area contributed by atoms with Gasteiger partial charge in [0.05, 0.1) is 21.6 Å². The van der Waals surface area contributed by atoms with Crippen LogP contribution in [0.5, 0.6) is 0 Å². The number of amides is 2. The first-order valence-electron chi connectivity index (χ1n) is 10.1. The number of benzene rings is 2. The maximum absolute atomic E-state index is 11.9. The minimum absolute atomic E-state index is 0.220. The number of hydrogen-bond donors (Lipinski definition) is 2. The van der Waals surface area contributed by atoms with Crippen LogP contribution in [0.25, 0.3) is 33.1 Å². The van der Waals surface area contributed by atoms with Gasteiger partial charge in [-0.05, 0) is 36.2 Å². The van der Waals surface area contributed by atoms with E-state index in [1.165, 1.54) is 0 Å². The van der Waals surface area contributed by atoms with E-state index in [4.69, 9.17) is 21.6 Å². The number of fused-ring (bicyclic) bond motifs is 5. The van der Waals surface area contributed by atoms with Crippen molar-refractivity contribution in [1.82, 2.24) is 20.6 Å². The van der Waals surface area contributed by atoms with Gasteiger partial charge in [-0.15, -0.1) is 11.6 Å². The molecule has 2 amide bonds.